The molecule has 3 saturated heterocycles. The molecule has 3 heterocycles. The SMILES string of the molecule is OC[C@H]1O[C@@H](O[C@H]2[C@@H](O)[C@@H](CO)O[C@@H](O[C@H]3[C@H](O)[C@H](O)[C@@H](O)O[C@@H]3CO)[C@@H]2O)[C@H](O)[C@@H](O)[C@H]1O. The second-order valence-electron chi connectivity index (χ2n) is 8.33. The molecule has 3 rings (SSSR count). The maximum Gasteiger partial charge on any atom is 0.187 e. The van der Waals surface area contributed by atoms with Gasteiger partial charge in [0.05, 0.1) is 19.8 Å². The molecule has 0 amide bonds. The van der Waals surface area contributed by atoms with Gasteiger partial charge in [-0.15, -0.1) is 0 Å². The van der Waals surface area contributed by atoms with E-state index < -0.39 is 112 Å². The molecule has 0 spiro atoms. The second-order valence-corrected chi connectivity index (χ2v) is 8.33. The monoisotopic (exact) mass is 504 g/mol. The fourth-order valence-electron chi connectivity index (χ4n) is 4.05. The van der Waals surface area contributed by atoms with Gasteiger partial charge in [-0.3, -0.25) is 0 Å². The van der Waals surface area contributed by atoms with Crippen LogP contribution in [-0.4, -0.2) is 168 Å². The topological polar surface area (TPSA) is 269 Å². The summed E-state index contributed by atoms with van der Waals surface area (Å²) in [4.78, 5) is 0. The van der Waals surface area contributed by atoms with Crippen molar-refractivity contribution in [3.8, 4) is 0 Å². The Morgan fingerprint density at radius 2 is 0.941 bits per heavy atom. The van der Waals surface area contributed by atoms with Gasteiger partial charge < -0.3 is 79.9 Å². The number of hydrogen-bond acceptors (Lipinski definition) is 16. The predicted molar refractivity (Wildman–Crippen MR) is 101 cm³/mol. The third kappa shape index (κ3) is 5.37. The summed E-state index contributed by atoms with van der Waals surface area (Å²) in [5.41, 5.74) is 0. The first kappa shape index (κ1) is 27.9. The Morgan fingerprint density at radius 3 is 1.50 bits per heavy atom. The molecule has 0 bridgehead atoms. The zero-order chi connectivity index (χ0) is 25.3. The molecule has 16 heteroatoms. The first-order valence-electron chi connectivity index (χ1n) is 10.6. The van der Waals surface area contributed by atoms with Crippen LogP contribution >= 0.6 is 0 Å². The molecule has 11 N–H and O–H groups in total. The average molecular weight is 504 g/mol. The summed E-state index contributed by atoms with van der Waals surface area (Å²) in [7, 11) is 0. The van der Waals surface area contributed by atoms with Crippen molar-refractivity contribution in [3.05, 3.63) is 0 Å². The lowest BCUT2D eigenvalue weighted by atomic mass is 9.96. The highest BCUT2D eigenvalue weighted by atomic mass is 16.7. The normalized spacial score (nSPS) is 52.5. The molecule has 0 unspecified atom stereocenters. The molecule has 16 nitrogen and oxygen atoms in total. The Labute approximate surface area is 192 Å². The van der Waals surface area contributed by atoms with Gasteiger partial charge in [0.1, 0.15) is 73.2 Å². The maximum atomic E-state index is 10.8. The first-order chi connectivity index (χ1) is 16.0. The molecule has 0 aromatic rings. The van der Waals surface area contributed by atoms with E-state index >= 15 is 0 Å². The van der Waals surface area contributed by atoms with E-state index in [4.69, 9.17) is 23.7 Å². The van der Waals surface area contributed by atoms with E-state index in [0.717, 1.165) is 0 Å². The van der Waals surface area contributed by atoms with E-state index in [0.29, 0.717) is 0 Å². The predicted octanol–water partition coefficient (Wildman–Crippen LogP) is -7.57. The molecular formula is C18H32O16. The van der Waals surface area contributed by atoms with Gasteiger partial charge in [0.25, 0.3) is 0 Å². The highest BCUT2D eigenvalue weighted by Gasteiger charge is 2.53. The zero-order valence-electron chi connectivity index (χ0n) is 17.7. The van der Waals surface area contributed by atoms with Crippen LogP contribution in [0.4, 0.5) is 0 Å². The van der Waals surface area contributed by atoms with Gasteiger partial charge in [0, 0.05) is 0 Å². The fraction of sp³-hybridized carbons (Fsp3) is 1.00. The molecule has 0 aromatic heterocycles. The minimum atomic E-state index is -1.90. The van der Waals surface area contributed by atoms with Crippen LogP contribution in [0.2, 0.25) is 0 Å². The largest absolute Gasteiger partial charge is 0.394 e. The maximum absolute atomic E-state index is 10.8. The van der Waals surface area contributed by atoms with Crippen molar-refractivity contribution in [2.75, 3.05) is 19.8 Å². The highest BCUT2D eigenvalue weighted by molar-refractivity contribution is 4.96. The molecule has 3 aliphatic heterocycles. The van der Waals surface area contributed by atoms with E-state index in [9.17, 15) is 56.2 Å². The quantitative estimate of drug-likeness (QED) is 0.154. The summed E-state index contributed by atoms with van der Waals surface area (Å²) in [5.74, 6) is 0. The summed E-state index contributed by atoms with van der Waals surface area (Å²) < 4.78 is 26.4. The molecule has 0 aliphatic carbocycles. The summed E-state index contributed by atoms with van der Waals surface area (Å²) in [5, 5.41) is 109. The number of aliphatic hydroxyl groups excluding tert-OH is 11. The lowest BCUT2D eigenvalue weighted by Crippen LogP contribution is -2.66. The van der Waals surface area contributed by atoms with Crippen molar-refractivity contribution >= 4 is 0 Å². The number of rotatable bonds is 7. The van der Waals surface area contributed by atoms with E-state index in [1.165, 1.54) is 0 Å². The minimum Gasteiger partial charge on any atom is -0.394 e. The number of ether oxygens (including phenoxy) is 5. The zero-order valence-corrected chi connectivity index (χ0v) is 17.7. The average Bonchev–Trinajstić information content (AvgIpc) is 2.83. The minimum absolute atomic E-state index is 0.759. The highest BCUT2D eigenvalue weighted by Crippen LogP contribution is 2.32. The Kier molecular flexibility index (Phi) is 9.54. The van der Waals surface area contributed by atoms with Crippen LogP contribution in [0.5, 0.6) is 0 Å². The first-order valence-corrected chi connectivity index (χ1v) is 10.6. The van der Waals surface area contributed by atoms with Crippen molar-refractivity contribution in [2.45, 2.75) is 92.1 Å². The summed E-state index contributed by atoms with van der Waals surface area (Å²) in [6.07, 6.45) is -25.4. The van der Waals surface area contributed by atoms with Crippen LogP contribution in [0.1, 0.15) is 0 Å². The van der Waals surface area contributed by atoms with Crippen molar-refractivity contribution in [1.29, 1.82) is 0 Å². The van der Waals surface area contributed by atoms with Gasteiger partial charge in [-0.2, -0.15) is 0 Å². The number of hydrogen-bond donors (Lipinski definition) is 11. The third-order valence-electron chi connectivity index (χ3n) is 6.09. The van der Waals surface area contributed by atoms with Crippen LogP contribution in [0.15, 0.2) is 0 Å². The Balaban J connectivity index is 1.78. The molecule has 0 saturated carbocycles. The van der Waals surface area contributed by atoms with Crippen LogP contribution in [0.3, 0.4) is 0 Å². The number of aliphatic hydroxyl groups is 11. The van der Waals surface area contributed by atoms with Crippen molar-refractivity contribution < 1.29 is 79.9 Å². The van der Waals surface area contributed by atoms with Gasteiger partial charge in [-0.25, -0.2) is 0 Å². The molecule has 0 aromatic carbocycles. The van der Waals surface area contributed by atoms with Crippen molar-refractivity contribution in [1.82, 2.24) is 0 Å². The van der Waals surface area contributed by atoms with Gasteiger partial charge >= 0.3 is 0 Å². The smallest absolute Gasteiger partial charge is 0.187 e. The van der Waals surface area contributed by atoms with E-state index in [1.807, 2.05) is 0 Å². The van der Waals surface area contributed by atoms with E-state index in [1.54, 1.807) is 0 Å². The molecule has 34 heavy (non-hydrogen) atoms. The van der Waals surface area contributed by atoms with Crippen LogP contribution in [0.25, 0.3) is 0 Å². The molecule has 200 valence electrons. The Morgan fingerprint density at radius 1 is 0.441 bits per heavy atom. The Hall–Kier alpha value is -0.640. The lowest BCUT2D eigenvalue weighted by Gasteiger charge is -2.47. The summed E-state index contributed by atoms with van der Waals surface area (Å²) >= 11 is 0. The summed E-state index contributed by atoms with van der Waals surface area (Å²) in [6.45, 7) is -2.34. The van der Waals surface area contributed by atoms with Gasteiger partial charge in [0.2, 0.25) is 0 Å². The van der Waals surface area contributed by atoms with Crippen molar-refractivity contribution in [3.63, 3.8) is 0 Å². The molecule has 15 atom stereocenters. The molecule has 0 radical (unpaired) electrons. The van der Waals surface area contributed by atoms with Crippen LogP contribution in [0, 0.1) is 0 Å². The fourth-order valence-corrected chi connectivity index (χ4v) is 4.05. The summed E-state index contributed by atoms with van der Waals surface area (Å²) in [6, 6.07) is 0. The Bertz CT molecular complexity index is 637. The standard InChI is InChI=1S/C18H32O16/c19-1-4-7(22)9(24)12(27)17(31-4)34-15-8(23)5(2-20)32-18(13(15)28)33-14-6(3-21)30-16(29)11(26)10(14)25/h4-29H,1-3H2/t4-,5-,6-,7+,8+,9+,10-,11+,12-,13-,14-,15+,16+,17+,18+/m1/s1. The molecule has 3 fully saturated rings. The lowest BCUT2D eigenvalue weighted by molar-refractivity contribution is -0.378. The van der Waals surface area contributed by atoms with Crippen LogP contribution < -0.4 is 0 Å². The molecule has 3 aliphatic rings. The molecular weight excluding hydrogens is 472 g/mol. The third-order valence-corrected chi connectivity index (χ3v) is 6.09. The van der Waals surface area contributed by atoms with Gasteiger partial charge in [-0.05, 0) is 0 Å². The van der Waals surface area contributed by atoms with Gasteiger partial charge in [0.15, 0.2) is 18.9 Å². The van der Waals surface area contributed by atoms with E-state index in [2.05, 4.69) is 0 Å². The van der Waals surface area contributed by atoms with E-state index in [-0.39, 0.29) is 0 Å². The second kappa shape index (κ2) is 11.6. The van der Waals surface area contributed by atoms with Gasteiger partial charge in [-0.1, -0.05) is 0 Å². The van der Waals surface area contributed by atoms with Crippen LogP contribution in [-0.2, 0) is 23.7 Å². The van der Waals surface area contributed by atoms with Crippen molar-refractivity contribution in [2.24, 2.45) is 0 Å².